The lowest BCUT2D eigenvalue weighted by Gasteiger charge is -2.12. The summed E-state index contributed by atoms with van der Waals surface area (Å²) in [6, 6.07) is 1.68. The molecule has 0 amide bonds. The lowest BCUT2D eigenvalue weighted by molar-refractivity contribution is -0.141. The molecule has 1 aromatic rings. The monoisotopic (exact) mass is 284 g/mol. The Labute approximate surface area is 115 Å². The van der Waals surface area contributed by atoms with Gasteiger partial charge in [-0.2, -0.15) is 11.8 Å². The highest BCUT2D eigenvalue weighted by Gasteiger charge is 2.44. The number of ether oxygens (including phenoxy) is 1. The molecule has 1 N–H and O–H groups in total. The molecule has 1 heterocycles. The summed E-state index contributed by atoms with van der Waals surface area (Å²) in [7, 11) is 1.40. The van der Waals surface area contributed by atoms with Gasteiger partial charge in [0.2, 0.25) is 5.76 Å². The van der Waals surface area contributed by atoms with Crippen LogP contribution >= 0.6 is 11.8 Å². The minimum atomic E-state index is -1.05. The Kier molecular flexibility index (Phi) is 4.19. The highest BCUT2D eigenvalue weighted by molar-refractivity contribution is 7.98. The van der Waals surface area contributed by atoms with E-state index >= 15 is 0 Å². The third-order valence-electron chi connectivity index (χ3n) is 3.31. The molecule has 0 aliphatic heterocycles. The van der Waals surface area contributed by atoms with Gasteiger partial charge in [-0.25, -0.2) is 4.79 Å². The molecule has 1 aromatic heterocycles. The number of hydrogen-bond acceptors (Lipinski definition) is 5. The molecule has 0 unspecified atom stereocenters. The predicted molar refractivity (Wildman–Crippen MR) is 70.1 cm³/mol. The number of carboxylic acid groups (broad SMARTS) is 1. The summed E-state index contributed by atoms with van der Waals surface area (Å²) in [5.74, 6) is 0.210. The van der Waals surface area contributed by atoms with Crippen molar-refractivity contribution in [3.05, 3.63) is 23.7 Å². The van der Waals surface area contributed by atoms with Crippen LogP contribution < -0.4 is 0 Å². The van der Waals surface area contributed by atoms with Crippen LogP contribution in [-0.2, 0) is 15.3 Å². The van der Waals surface area contributed by atoms with Crippen LogP contribution in [0.1, 0.15) is 35.4 Å². The maximum Gasteiger partial charge on any atom is 0.372 e. The smallest absolute Gasteiger partial charge is 0.372 e. The number of rotatable bonds is 7. The van der Waals surface area contributed by atoms with Gasteiger partial charge in [0.05, 0.1) is 19.8 Å². The van der Waals surface area contributed by atoms with Crippen LogP contribution in [0.5, 0.6) is 0 Å². The van der Waals surface area contributed by atoms with E-state index in [0.717, 1.165) is 18.6 Å². The van der Waals surface area contributed by atoms with Crippen LogP contribution in [0.3, 0.4) is 0 Å². The summed E-state index contributed by atoms with van der Waals surface area (Å²) in [4.78, 5) is 22.2. The van der Waals surface area contributed by atoms with E-state index in [9.17, 15) is 9.59 Å². The molecule has 1 aliphatic rings. The van der Waals surface area contributed by atoms with Crippen molar-refractivity contribution in [2.45, 2.75) is 25.0 Å². The molecule has 1 aliphatic carbocycles. The Morgan fingerprint density at radius 3 is 2.84 bits per heavy atom. The molecule has 19 heavy (non-hydrogen) atoms. The maximum absolute atomic E-state index is 11.3. The van der Waals surface area contributed by atoms with Gasteiger partial charge in [-0.3, -0.25) is 4.79 Å². The van der Waals surface area contributed by atoms with Gasteiger partial charge >= 0.3 is 11.9 Å². The van der Waals surface area contributed by atoms with E-state index in [2.05, 4.69) is 4.74 Å². The summed E-state index contributed by atoms with van der Waals surface area (Å²) >= 11 is 1.63. The molecule has 104 valence electrons. The van der Waals surface area contributed by atoms with Gasteiger partial charge in [0, 0.05) is 11.3 Å². The Balaban J connectivity index is 1.82. The number of carbonyl (C=O) groups excluding carboxylic acids is 1. The molecule has 0 saturated heterocycles. The fourth-order valence-electron chi connectivity index (χ4n) is 1.94. The Morgan fingerprint density at radius 2 is 2.26 bits per heavy atom. The predicted octanol–water partition coefficient (Wildman–Crippen LogP) is 2.55. The van der Waals surface area contributed by atoms with Gasteiger partial charge in [-0.1, -0.05) is 0 Å². The lowest BCUT2D eigenvalue weighted by atomic mass is 10.1. The number of carbonyl (C=O) groups is 2. The second-order valence-corrected chi connectivity index (χ2v) is 5.81. The molecule has 0 radical (unpaired) electrons. The Bertz CT molecular complexity index is 475. The first kappa shape index (κ1) is 14.0. The number of thioether (sulfide) groups is 1. The zero-order valence-corrected chi connectivity index (χ0v) is 11.5. The van der Waals surface area contributed by atoms with E-state index in [1.165, 1.54) is 13.4 Å². The van der Waals surface area contributed by atoms with E-state index in [-0.39, 0.29) is 17.1 Å². The van der Waals surface area contributed by atoms with Crippen LogP contribution in [0.25, 0.3) is 0 Å². The van der Waals surface area contributed by atoms with E-state index in [1.54, 1.807) is 17.8 Å². The summed E-state index contributed by atoms with van der Waals surface area (Å²) < 4.78 is 9.61. The molecule has 0 bridgehead atoms. The van der Waals surface area contributed by atoms with Crippen molar-refractivity contribution in [3.63, 3.8) is 0 Å². The van der Waals surface area contributed by atoms with Crippen molar-refractivity contribution >= 4 is 23.7 Å². The number of furan rings is 1. The molecular weight excluding hydrogens is 268 g/mol. The third-order valence-corrected chi connectivity index (χ3v) is 4.64. The highest BCUT2D eigenvalue weighted by Crippen LogP contribution is 2.51. The van der Waals surface area contributed by atoms with Crippen LogP contribution in [0, 0.1) is 5.41 Å². The number of carboxylic acids is 1. The molecule has 1 saturated carbocycles. The second-order valence-electron chi connectivity index (χ2n) is 4.83. The minimum absolute atomic E-state index is 0.00492. The molecular formula is C13H16O5S. The summed E-state index contributed by atoms with van der Waals surface area (Å²) in [5.41, 5.74) is 0.747. The first-order valence-corrected chi connectivity index (χ1v) is 7.16. The maximum atomic E-state index is 11.3. The van der Waals surface area contributed by atoms with Crippen LogP contribution in [0.2, 0.25) is 0 Å². The highest BCUT2D eigenvalue weighted by atomic mass is 32.2. The number of aromatic carboxylic acids is 1. The summed E-state index contributed by atoms with van der Waals surface area (Å²) in [6.45, 7) is 0. The van der Waals surface area contributed by atoms with Gasteiger partial charge < -0.3 is 14.3 Å². The second kappa shape index (κ2) is 5.69. The Morgan fingerprint density at radius 1 is 1.53 bits per heavy atom. The van der Waals surface area contributed by atoms with Crippen molar-refractivity contribution in [2.24, 2.45) is 5.41 Å². The fraction of sp³-hybridized carbons (Fsp3) is 0.538. The zero-order chi connectivity index (χ0) is 13.9. The van der Waals surface area contributed by atoms with Crippen LogP contribution in [-0.4, -0.2) is 29.9 Å². The summed E-state index contributed by atoms with van der Waals surface area (Å²) in [5, 5.41) is 8.91. The quantitative estimate of drug-likeness (QED) is 0.775. The first-order valence-electron chi connectivity index (χ1n) is 6.00. The number of methoxy groups -OCH3 is 1. The molecule has 5 nitrogen and oxygen atoms in total. The molecule has 0 spiro atoms. The van der Waals surface area contributed by atoms with E-state index in [0.29, 0.717) is 17.7 Å². The standard InChI is InChI=1S/C13H16O5S/c1-17-10(14)6-13(3-4-13)8-19-7-9-2-5-18-11(9)12(15)16/h2,5H,3-4,6-8H2,1H3,(H,15,16). The molecule has 1 fully saturated rings. The van der Waals surface area contributed by atoms with Gasteiger partial charge in [-0.05, 0) is 30.1 Å². The van der Waals surface area contributed by atoms with Crippen molar-refractivity contribution in [2.75, 3.05) is 12.9 Å². The van der Waals surface area contributed by atoms with Crippen molar-refractivity contribution < 1.29 is 23.8 Å². The fourth-order valence-corrected chi connectivity index (χ4v) is 3.31. The number of hydrogen-bond donors (Lipinski definition) is 1. The lowest BCUT2D eigenvalue weighted by Crippen LogP contribution is -2.13. The van der Waals surface area contributed by atoms with Crippen LogP contribution in [0.4, 0.5) is 0 Å². The van der Waals surface area contributed by atoms with Crippen LogP contribution in [0.15, 0.2) is 16.7 Å². The van der Waals surface area contributed by atoms with Gasteiger partial charge in [0.1, 0.15) is 0 Å². The molecule has 0 atom stereocenters. The molecule has 2 rings (SSSR count). The van der Waals surface area contributed by atoms with E-state index in [1.807, 2.05) is 0 Å². The SMILES string of the molecule is COC(=O)CC1(CSCc2ccoc2C(=O)O)CC1. The average Bonchev–Trinajstić information content (AvgIpc) is 2.95. The largest absolute Gasteiger partial charge is 0.475 e. The molecule has 0 aromatic carbocycles. The third kappa shape index (κ3) is 3.53. The van der Waals surface area contributed by atoms with Gasteiger partial charge in [0.15, 0.2) is 0 Å². The van der Waals surface area contributed by atoms with E-state index in [4.69, 9.17) is 9.52 Å². The normalized spacial score (nSPS) is 16.1. The van der Waals surface area contributed by atoms with E-state index < -0.39 is 5.97 Å². The topological polar surface area (TPSA) is 76.7 Å². The van der Waals surface area contributed by atoms with Crippen molar-refractivity contribution in [1.29, 1.82) is 0 Å². The van der Waals surface area contributed by atoms with Gasteiger partial charge in [0.25, 0.3) is 0 Å². The molecule has 6 heteroatoms. The van der Waals surface area contributed by atoms with Crippen molar-refractivity contribution in [1.82, 2.24) is 0 Å². The first-order chi connectivity index (χ1) is 9.06. The Hall–Kier alpha value is -1.43. The summed E-state index contributed by atoms with van der Waals surface area (Å²) in [6.07, 6.45) is 3.91. The minimum Gasteiger partial charge on any atom is -0.475 e. The van der Waals surface area contributed by atoms with Crippen molar-refractivity contribution in [3.8, 4) is 0 Å². The number of esters is 1. The zero-order valence-electron chi connectivity index (χ0n) is 10.7. The van der Waals surface area contributed by atoms with Gasteiger partial charge in [-0.15, -0.1) is 0 Å². The average molecular weight is 284 g/mol.